The number of fused-ring (bicyclic) bond motifs is 1. The van der Waals surface area contributed by atoms with Gasteiger partial charge in [-0.2, -0.15) is 0 Å². The van der Waals surface area contributed by atoms with Crippen molar-refractivity contribution in [2.24, 2.45) is 0 Å². The second-order valence-corrected chi connectivity index (χ2v) is 6.62. The van der Waals surface area contributed by atoms with E-state index < -0.39 is 11.3 Å². The Balaban J connectivity index is 1.88. The average molecular weight is 335 g/mol. The molecule has 1 aromatic carbocycles. The highest BCUT2D eigenvalue weighted by atomic mass is 32.2. The van der Waals surface area contributed by atoms with Crippen LogP contribution in [0.3, 0.4) is 0 Å². The number of thioether (sulfide) groups is 1. The predicted molar refractivity (Wildman–Crippen MR) is 90.2 cm³/mol. The van der Waals surface area contributed by atoms with Crippen LogP contribution in [0.5, 0.6) is 0 Å². The molecule has 0 bridgehead atoms. The maximum Gasteiger partial charge on any atom is 0.242 e. The predicted octanol–water partition coefficient (Wildman–Crippen LogP) is 1.52. The smallest absolute Gasteiger partial charge is 0.242 e. The maximum atomic E-state index is 12.1. The number of anilines is 1. The molecule has 0 saturated heterocycles. The van der Waals surface area contributed by atoms with E-state index in [-0.39, 0.29) is 24.1 Å². The number of rotatable bonds is 6. The Kier molecular flexibility index (Phi) is 6.04. The van der Waals surface area contributed by atoms with Crippen LogP contribution in [0.4, 0.5) is 5.69 Å². The molecule has 0 radical (unpaired) electrons. The Morgan fingerprint density at radius 1 is 1.35 bits per heavy atom. The normalized spacial score (nSPS) is 17.7. The Bertz CT molecular complexity index is 606. The van der Waals surface area contributed by atoms with Gasteiger partial charge in [-0.05, 0) is 25.5 Å². The summed E-state index contributed by atoms with van der Waals surface area (Å²) in [7, 11) is 0. The average Bonchev–Trinajstić information content (AvgIpc) is 2.53. The molecule has 1 aromatic rings. The van der Waals surface area contributed by atoms with Gasteiger partial charge in [-0.15, -0.1) is 11.8 Å². The number of carbonyl (C=O) groups is 3. The Morgan fingerprint density at radius 2 is 2.09 bits per heavy atom. The van der Waals surface area contributed by atoms with E-state index in [1.165, 1.54) is 11.8 Å². The van der Waals surface area contributed by atoms with Gasteiger partial charge in [-0.1, -0.05) is 19.1 Å². The number of benzene rings is 1. The highest BCUT2D eigenvalue weighted by Gasteiger charge is 2.29. The summed E-state index contributed by atoms with van der Waals surface area (Å²) >= 11 is 1.37. The quantitative estimate of drug-likeness (QED) is 0.735. The molecular formula is C16H21N3O3S. The summed E-state index contributed by atoms with van der Waals surface area (Å²) in [5, 5.41) is 7.67. The Hall–Kier alpha value is -2.02. The minimum absolute atomic E-state index is 0.0379. The molecule has 0 saturated carbocycles. The number of hydrogen-bond donors (Lipinski definition) is 3. The van der Waals surface area contributed by atoms with E-state index in [9.17, 15) is 14.4 Å². The summed E-state index contributed by atoms with van der Waals surface area (Å²) in [6.45, 7) is 4.17. The third-order valence-electron chi connectivity index (χ3n) is 3.40. The molecule has 0 fully saturated rings. The highest BCUT2D eigenvalue weighted by Crippen LogP contribution is 2.36. The minimum Gasteiger partial charge on any atom is -0.354 e. The lowest BCUT2D eigenvalue weighted by Crippen LogP contribution is -2.46. The standard InChI is InChI=1S/C16H21N3O3S/c1-3-8-17-15(21)10(2)18-14(20)9-13-16(22)19-11-6-4-5-7-12(11)23-13/h4-7,10,13H,3,8-9H2,1-2H3,(H,17,21)(H,18,20)(H,19,22)/t10-,13-/m1/s1. The summed E-state index contributed by atoms with van der Waals surface area (Å²) in [5.74, 6) is -0.714. The van der Waals surface area contributed by atoms with Crippen LogP contribution in [-0.2, 0) is 14.4 Å². The lowest BCUT2D eigenvalue weighted by atomic mass is 10.2. The molecule has 0 aliphatic carbocycles. The molecule has 1 heterocycles. The number of amides is 3. The minimum atomic E-state index is -0.613. The maximum absolute atomic E-state index is 12.1. The van der Waals surface area contributed by atoms with E-state index in [4.69, 9.17) is 0 Å². The molecule has 23 heavy (non-hydrogen) atoms. The summed E-state index contributed by atoms with van der Waals surface area (Å²) in [6, 6.07) is 6.86. The van der Waals surface area contributed by atoms with E-state index in [1.807, 2.05) is 31.2 Å². The largest absolute Gasteiger partial charge is 0.354 e. The second kappa shape index (κ2) is 8.01. The molecule has 2 rings (SSSR count). The summed E-state index contributed by atoms with van der Waals surface area (Å²) in [6.07, 6.45) is 0.876. The van der Waals surface area contributed by atoms with Crippen LogP contribution >= 0.6 is 11.8 Å². The van der Waals surface area contributed by atoms with Gasteiger partial charge in [-0.3, -0.25) is 14.4 Å². The number of para-hydroxylation sites is 1. The van der Waals surface area contributed by atoms with Crippen molar-refractivity contribution in [3.8, 4) is 0 Å². The van der Waals surface area contributed by atoms with Crippen molar-refractivity contribution in [1.82, 2.24) is 10.6 Å². The van der Waals surface area contributed by atoms with Gasteiger partial charge in [0.2, 0.25) is 17.7 Å². The molecule has 3 amide bonds. The molecule has 3 N–H and O–H groups in total. The summed E-state index contributed by atoms with van der Waals surface area (Å²) in [5.41, 5.74) is 0.770. The highest BCUT2D eigenvalue weighted by molar-refractivity contribution is 8.01. The molecule has 1 aliphatic heterocycles. The molecule has 1 aliphatic rings. The lowest BCUT2D eigenvalue weighted by molar-refractivity contribution is -0.129. The summed E-state index contributed by atoms with van der Waals surface area (Å²) < 4.78 is 0. The third kappa shape index (κ3) is 4.72. The van der Waals surface area contributed by atoms with E-state index >= 15 is 0 Å². The van der Waals surface area contributed by atoms with Crippen molar-refractivity contribution in [1.29, 1.82) is 0 Å². The van der Waals surface area contributed by atoms with Gasteiger partial charge in [0.15, 0.2) is 0 Å². The van der Waals surface area contributed by atoms with Gasteiger partial charge in [0, 0.05) is 17.9 Å². The van der Waals surface area contributed by atoms with Gasteiger partial charge in [0.1, 0.15) is 6.04 Å². The van der Waals surface area contributed by atoms with Crippen molar-refractivity contribution in [3.05, 3.63) is 24.3 Å². The second-order valence-electron chi connectivity index (χ2n) is 5.38. The molecule has 0 spiro atoms. The first kappa shape index (κ1) is 17.3. The Labute approximate surface area is 139 Å². The van der Waals surface area contributed by atoms with E-state index in [0.717, 1.165) is 17.0 Å². The van der Waals surface area contributed by atoms with Crippen LogP contribution in [0.2, 0.25) is 0 Å². The zero-order valence-corrected chi connectivity index (χ0v) is 14.0. The third-order valence-corrected chi connectivity index (χ3v) is 4.67. The van der Waals surface area contributed by atoms with Gasteiger partial charge in [0.25, 0.3) is 0 Å². The molecule has 0 aromatic heterocycles. The summed E-state index contributed by atoms with van der Waals surface area (Å²) in [4.78, 5) is 36.8. The molecule has 124 valence electrons. The van der Waals surface area contributed by atoms with Gasteiger partial charge < -0.3 is 16.0 Å². The first-order valence-electron chi connectivity index (χ1n) is 7.65. The fourth-order valence-electron chi connectivity index (χ4n) is 2.16. The van der Waals surface area contributed by atoms with Crippen LogP contribution in [0.15, 0.2) is 29.2 Å². The first-order valence-corrected chi connectivity index (χ1v) is 8.53. The van der Waals surface area contributed by atoms with Crippen LogP contribution in [0.25, 0.3) is 0 Å². The topological polar surface area (TPSA) is 87.3 Å². The fourth-order valence-corrected chi connectivity index (χ4v) is 3.27. The van der Waals surface area contributed by atoms with Crippen molar-refractivity contribution in [2.45, 2.75) is 42.9 Å². The molecule has 0 unspecified atom stereocenters. The van der Waals surface area contributed by atoms with Crippen molar-refractivity contribution in [3.63, 3.8) is 0 Å². The van der Waals surface area contributed by atoms with Gasteiger partial charge in [0.05, 0.1) is 10.9 Å². The van der Waals surface area contributed by atoms with E-state index in [2.05, 4.69) is 16.0 Å². The fraction of sp³-hybridized carbons (Fsp3) is 0.438. The molecular weight excluding hydrogens is 314 g/mol. The van der Waals surface area contributed by atoms with Crippen LogP contribution in [0.1, 0.15) is 26.7 Å². The van der Waals surface area contributed by atoms with Crippen LogP contribution < -0.4 is 16.0 Å². The van der Waals surface area contributed by atoms with Crippen molar-refractivity contribution < 1.29 is 14.4 Å². The van der Waals surface area contributed by atoms with E-state index in [0.29, 0.717) is 6.54 Å². The van der Waals surface area contributed by atoms with Crippen LogP contribution in [0, 0.1) is 0 Å². The Morgan fingerprint density at radius 3 is 2.83 bits per heavy atom. The van der Waals surface area contributed by atoms with Gasteiger partial charge >= 0.3 is 0 Å². The number of carbonyl (C=O) groups excluding carboxylic acids is 3. The number of nitrogens with one attached hydrogen (secondary N) is 3. The lowest BCUT2D eigenvalue weighted by Gasteiger charge is -2.24. The first-order chi connectivity index (χ1) is 11.0. The van der Waals surface area contributed by atoms with E-state index in [1.54, 1.807) is 6.92 Å². The molecule has 6 nitrogen and oxygen atoms in total. The molecule has 2 atom stereocenters. The van der Waals surface area contributed by atoms with Crippen LogP contribution in [-0.4, -0.2) is 35.6 Å². The zero-order chi connectivity index (χ0) is 16.8. The molecule has 7 heteroatoms. The van der Waals surface area contributed by atoms with Crippen molar-refractivity contribution in [2.75, 3.05) is 11.9 Å². The SMILES string of the molecule is CCCNC(=O)[C@@H](C)NC(=O)C[C@H]1Sc2ccccc2NC1=O. The van der Waals surface area contributed by atoms with Crippen molar-refractivity contribution >= 4 is 35.2 Å². The monoisotopic (exact) mass is 335 g/mol. The van der Waals surface area contributed by atoms with Gasteiger partial charge in [-0.25, -0.2) is 0 Å². The zero-order valence-electron chi connectivity index (χ0n) is 13.2. The number of hydrogen-bond acceptors (Lipinski definition) is 4.